The summed E-state index contributed by atoms with van der Waals surface area (Å²) in [6.07, 6.45) is 6.29. The number of carbonyl (C=O) groups excluding carboxylic acids is 2. The van der Waals surface area contributed by atoms with Gasteiger partial charge in [-0.1, -0.05) is 12.1 Å². The molecule has 0 saturated carbocycles. The maximum atomic E-state index is 13.8. The second-order valence-corrected chi connectivity index (χ2v) is 8.49. The normalized spacial score (nSPS) is 15.1. The van der Waals surface area contributed by atoms with E-state index in [1.54, 1.807) is 42.2 Å². The van der Waals surface area contributed by atoms with Crippen LogP contribution >= 0.6 is 0 Å². The first-order valence-electron chi connectivity index (χ1n) is 11.5. The molecule has 0 aliphatic carbocycles. The standard InChI is InChI=1S/C15H20FNO2.C10H9N3O2/c16-13-10-12(4-3-7-17-5-1-2-6-17)11-14-15(13)19-9-8-18-14;1-13-8-4-6(9(14)10(11)15)2-3-7(8)5-12-13/h10-11H,1-9H2;2-5H,1H3,(H2,11,15). The van der Waals surface area contributed by atoms with Crippen molar-refractivity contribution < 1.29 is 23.5 Å². The van der Waals surface area contributed by atoms with Crippen LogP contribution in [0.1, 0.15) is 35.2 Å². The summed E-state index contributed by atoms with van der Waals surface area (Å²) in [7, 11) is 1.76. The van der Waals surface area contributed by atoms with Crippen molar-refractivity contribution in [2.75, 3.05) is 32.8 Å². The number of nitrogens with zero attached hydrogens (tertiary/aromatic N) is 3. The molecule has 3 aromatic rings. The number of ether oxygens (including phenoxy) is 2. The van der Waals surface area contributed by atoms with Crippen LogP contribution in [-0.4, -0.2) is 59.2 Å². The van der Waals surface area contributed by atoms with Crippen molar-refractivity contribution >= 4 is 22.6 Å². The molecule has 180 valence electrons. The Labute approximate surface area is 197 Å². The van der Waals surface area contributed by atoms with Gasteiger partial charge in [-0.2, -0.15) is 5.10 Å². The van der Waals surface area contributed by atoms with Gasteiger partial charge in [-0.05, 0) is 69.1 Å². The van der Waals surface area contributed by atoms with Gasteiger partial charge in [-0.15, -0.1) is 0 Å². The maximum Gasteiger partial charge on any atom is 0.289 e. The minimum absolute atomic E-state index is 0.273. The van der Waals surface area contributed by atoms with Crippen molar-refractivity contribution in [2.45, 2.75) is 25.7 Å². The quantitative estimate of drug-likeness (QED) is 0.441. The molecule has 2 N–H and O–H groups in total. The number of halogens is 1. The van der Waals surface area contributed by atoms with Gasteiger partial charge in [0.1, 0.15) is 13.2 Å². The first kappa shape index (κ1) is 23.7. The first-order valence-corrected chi connectivity index (χ1v) is 11.5. The second kappa shape index (κ2) is 10.6. The first-order chi connectivity index (χ1) is 16.4. The molecule has 8 nitrogen and oxygen atoms in total. The van der Waals surface area contributed by atoms with E-state index in [1.165, 1.54) is 25.9 Å². The van der Waals surface area contributed by atoms with Gasteiger partial charge in [0.2, 0.25) is 5.78 Å². The summed E-state index contributed by atoms with van der Waals surface area (Å²) < 4.78 is 26.2. The topological polar surface area (TPSA) is 99.7 Å². The van der Waals surface area contributed by atoms with E-state index in [4.69, 9.17) is 15.2 Å². The van der Waals surface area contributed by atoms with Crippen molar-refractivity contribution in [2.24, 2.45) is 12.8 Å². The lowest BCUT2D eigenvalue weighted by molar-refractivity contribution is -0.114. The van der Waals surface area contributed by atoms with E-state index in [2.05, 4.69) is 10.00 Å². The largest absolute Gasteiger partial charge is 0.486 e. The molecular formula is C25H29FN4O4. The fourth-order valence-corrected chi connectivity index (χ4v) is 4.25. The maximum absolute atomic E-state index is 13.8. The lowest BCUT2D eigenvalue weighted by atomic mass is 10.1. The number of hydrogen-bond acceptors (Lipinski definition) is 6. The van der Waals surface area contributed by atoms with Crippen LogP contribution in [0.15, 0.2) is 36.5 Å². The molecule has 2 aliphatic rings. The number of nitrogens with two attached hydrogens (primary N) is 1. The van der Waals surface area contributed by atoms with Crippen molar-refractivity contribution in [3.05, 3.63) is 53.5 Å². The number of aromatic nitrogens is 2. The van der Waals surface area contributed by atoms with Crippen LogP contribution in [0, 0.1) is 5.82 Å². The molecule has 0 atom stereocenters. The van der Waals surface area contributed by atoms with Crippen molar-refractivity contribution in [3.63, 3.8) is 0 Å². The lowest BCUT2D eigenvalue weighted by Crippen LogP contribution is -2.22. The number of primary amides is 1. The second-order valence-electron chi connectivity index (χ2n) is 8.49. The molecule has 2 aromatic carbocycles. The Bertz CT molecular complexity index is 1190. The molecule has 0 spiro atoms. The van der Waals surface area contributed by atoms with E-state index in [1.807, 2.05) is 6.07 Å². The van der Waals surface area contributed by atoms with Gasteiger partial charge in [0.05, 0.1) is 11.7 Å². The van der Waals surface area contributed by atoms with Crippen LogP contribution in [0.25, 0.3) is 10.9 Å². The predicted octanol–water partition coefficient (Wildman–Crippen LogP) is 2.87. The van der Waals surface area contributed by atoms with Gasteiger partial charge in [-0.3, -0.25) is 14.3 Å². The summed E-state index contributed by atoms with van der Waals surface area (Å²) in [4.78, 5) is 24.5. The minimum atomic E-state index is -0.948. The number of amides is 1. The van der Waals surface area contributed by atoms with Gasteiger partial charge in [0.25, 0.3) is 5.91 Å². The number of ketones is 1. The summed E-state index contributed by atoms with van der Waals surface area (Å²) >= 11 is 0. The van der Waals surface area contributed by atoms with E-state index < -0.39 is 11.7 Å². The monoisotopic (exact) mass is 468 g/mol. The van der Waals surface area contributed by atoms with Gasteiger partial charge >= 0.3 is 0 Å². The molecule has 9 heteroatoms. The number of fused-ring (bicyclic) bond motifs is 2. The Morgan fingerprint density at radius 2 is 1.88 bits per heavy atom. The highest BCUT2D eigenvalue weighted by atomic mass is 19.1. The number of benzene rings is 2. The molecule has 1 amide bonds. The van der Waals surface area contributed by atoms with Crippen LogP contribution in [0.2, 0.25) is 0 Å². The lowest BCUT2D eigenvalue weighted by Gasteiger charge is -2.20. The van der Waals surface area contributed by atoms with Crippen LogP contribution in [0.5, 0.6) is 11.5 Å². The zero-order valence-corrected chi connectivity index (χ0v) is 19.3. The third-order valence-electron chi connectivity index (χ3n) is 6.03. The van der Waals surface area contributed by atoms with Crippen LogP contribution in [-0.2, 0) is 18.3 Å². The number of likely N-dealkylation sites (tertiary alicyclic amines) is 1. The highest BCUT2D eigenvalue weighted by molar-refractivity contribution is 6.42. The van der Waals surface area contributed by atoms with E-state index in [-0.39, 0.29) is 11.6 Å². The van der Waals surface area contributed by atoms with Crippen molar-refractivity contribution in [1.82, 2.24) is 14.7 Å². The summed E-state index contributed by atoms with van der Waals surface area (Å²) in [6.45, 7) is 4.48. The molecule has 0 radical (unpaired) electrons. The molecule has 1 saturated heterocycles. The molecule has 0 unspecified atom stereocenters. The average Bonchev–Trinajstić information content (AvgIpc) is 3.49. The Morgan fingerprint density at radius 1 is 1.12 bits per heavy atom. The van der Waals surface area contributed by atoms with Crippen molar-refractivity contribution in [1.29, 1.82) is 0 Å². The number of Topliss-reactive ketones (excluding diaryl/α,β-unsaturated/α-hetero) is 1. The fraction of sp³-hybridized carbons (Fsp3) is 0.400. The molecule has 3 heterocycles. The molecule has 1 fully saturated rings. The molecular weight excluding hydrogens is 439 g/mol. The minimum Gasteiger partial charge on any atom is -0.486 e. The fourth-order valence-electron chi connectivity index (χ4n) is 4.25. The number of carbonyl (C=O) groups is 2. The highest BCUT2D eigenvalue weighted by Crippen LogP contribution is 2.34. The van der Waals surface area contributed by atoms with Crippen LogP contribution in [0.4, 0.5) is 4.39 Å². The Balaban J connectivity index is 0.000000166. The van der Waals surface area contributed by atoms with Gasteiger partial charge < -0.3 is 20.1 Å². The average molecular weight is 469 g/mol. The summed E-state index contributed by atoms with van der Waals surface area (Å²) in [6, 6.07) is 8.41. The number of rotatable bonds is 6. The number of aryl methyl sites for hydroxylation is 2. The van der Waals surface area contributed by atoms with Gasteiger partial charge in [0, 0.05) is 18.0 Å². The number of hydrogen-bond donors (Lipinski definition) is 1. The van der Waals surface area contributed by atoms with E-state index >= 15 is 0 Å². The molecule has 1 aromatic heterocycles. The van der Waals surface area contributed by atoms with Crippen LogP contribution in [0.3, 0.4) is 0 Å². The van der Waals surface area contributed by atoms with Gasteiger partial charge in [-0.25, -0.2) is 4.39 Å². The molecule has 5 rings (SSSR count). The zero-order chi connectivity index (χ0) is 24.1. The zero-order valence-electron chi connectivity index (χ0n) is 19.3. The van der Waals surface area contributed by atoms with Crippen LogP contribution < -0.4 is 15.2 Å². The summed E-state index contributed by atoms with van der Waals surface area (Å²) in [5, 5.41) is 4.95. The Hall–Kier alpha value is -3.46. The third-order valence-corrected chi connectivity index (χ3v) is 6.03. The Morgan fingerprint density at radius 3 is 2.65 bits per heavy atom. The molecule has 0 bridgehead atoms. The van der Waals surface area contributed by atoms with E-state index in [0.717, 1.165) is 35.9 Å². The SMILES string of the molecule is Cn1ncc2ccc(C(=O)C(N)=O)cc21.Fc1cc(CCCN2CCCC2)cc2c1OCCO2. The predicted molar refractivity (Wildman–Crippen MR) is 126 cm³/mol. The Kier molecular flexibility index (Phi) is 7.42. The smallest absolute Gasteiger partial charge is 0.289 e. The highest BCUT2D eigenvalue weighted by Gasteiger charge is 2.18. The molecule has 34 heavy (non-hydrogen) atoms. The van der Waals surface area contributed by atoms with E-state index in [0.29, 0.717) is 24.5 Å². The van der Waals surface area contributed by atoms with Gasteiger partial charge in [0.15, 0.2) is 17.3 Å². The summed E-state index contributed by atoms with van der Waals surface area (Å²) in [5.74, 6) is -1.10. The van der Waals surface area contributed by atoms with Crippen molar-refractivity contribution in [3.8, 4) is 11.5 Å². The third kappa shape index (κ3) is 5.53. The summed E-state index contributed by atoms with van der Waals surface area (Å²) in [5.41, 5.74) is 7.00. The molecule has 2 aliphatic heterocycles. The van der Waals surface area contributed by atoms with E-state index in [9.17, 15) is 14.0 Å².